The molecule has 0 radical (unpaired) electrons. The highest BCUT2D eigenvalue weighted by atomic mass is 32.1. The standard InChI is InChI=1S/C42H53N3S2.C3H8.3C2H6.CH2O2/c1-5-7-8-9-10-11-12-13-15-18-33-28-40(47-42(33)39-24-22-36(46-39)25-30(3)29-43)32-21-23-38(44-35-19-16-14-17-20-35)37(27-32)41-31(4)26-34(6-2)45-41;1-3-2;3*1-2;2-1-3/h14,16-17,19-25,27-28,31,34,41,44-45H,5-13,15,18,26H2,1-4H3;3H2,1-2H3;3*1-2H3;1H,(H,2,3)/b30-25-;;;;;. The first kappa shape index (κ1) is 55.3. The number of para-hydroxylation sites is 1. The van der Waals surface area contributed by atoms with Crippen molar-refractivity contribution in [3.05, 3.63) is 88.3 Å². The van der Waals surface area contributed by atoms with Crippen molar-refractivity contribution in [3.8, 4) is 26.3 Å². The average Bonchev–Trinajstić information content (AvgIpc) is 4.02. The number of nitrogens with one attached hydrogen (secondary N) is 2. The lowest BCUT2D eigenvalue weighted by molar-refractivity contribution is -0.122. The van der Waals surface area contributed by atoms with Crippen LogP contribution in [-0.4, -0.2) is 17.6 Å². The number of hydrogen-bond donors (Lipinski definition) is 3. The summed E-state index contributed by atoms with van der Waals surface area (Å²) < 4.78 is 0. The number of thiophene rings is 2. The van der Waals surface area contributed by atoms with Crippen LogP contribution in [0.2, 0.25) is 0 Å². The number of allylic oxidation sites excluding steroid dienone is 1. The zero-order chi connectivity index (χ0) is 44.4. The molecule has 2 aromatic carbocycles. The zero-order valence-corrected chi connectivity index (χ0v) is 40.7. The van der Waals surface area contributed by atoms with Gasteiger partial charge in [-0.3, -0.25) is 4.79 Å². The Morgan fingerprint density at radius 2 is 1.42 bits per heavy atom. The second kappa shape index (κ2) is 35.1. The topological polar surface area (TPSA) is 85.1 Å². The number of aryl methyl sites for hydroxylation is 1. The highest BCUT2D eigenvalue weighted by Gasteiger charge is 2.32. The van der Waals surface area contributed by atoms with Crippen LogP contribution in [0, 0.1) is 17.2 Å². The van der Waals surface area contributed by atoms with Gasteiger partial charge in [0.15, 0.2) is 0 Å². The third-order valence-corrected chi connectivity index (χ3v) is 12.0. The van der Waals surface area contributed by atoms with Gasteiger partial charge in [0.2, 0.25) is 0 Å². The van der Waals surface area contributed by atoms with E-state index in [1.807, 2.05) is 65.9 Å². The van der Waals surface area contributed by atoms with Crippen LogP contribution in [0.4, 0.5) is 11.4 Å². The minimum Gasteiger partial charge on any atom is -0.483 e. The Labute approximate surface area is 369 Å². The molecule has 2 aromatic heterocycles. The number of rotatable bonds is 17. The monoisotopic (exact) mass is 844 g/mol. The first-order chi connectivity index (χ1) is 28.8. The molecule has 59 heavy (non-hydrogen) atoms. The normalized spacial score (nSPS) is 15.2. The second-order valence-electron chi connectivity index (χ2n) is 14.3. The molecule has 1 saturated heterocycles. The summed E-state index contributed by atoms with van der Waals surface area (Å²) in [6.45, 7) is 24.9. The van der Waals surface area contributed by atoms with Gasteiger partial charge < -0.3 is 15.7 Å². The van der Waals surface area contributed by atoms with E-state index >= 15 is 0 Å². The number of unbranched alkanes of at least 4 members (excludes halogenated alkanes) is 8. The van der Waals surface area contributed by atoms with E-state index in [1.165, 1.54) is 108 Å². The van der Waals surface area contributed by atoms with Crippen LogP contribution in [0.1, 0.15) is 182 Å². The molecule has 0 aliphatic carbocycles. The Balaban J connectivity index is 0.00000254. The van der Waals surface area contributed by atoms with Gasteiger partial charge >= 0.3 is 0 Å². The van der Waals surface area contributed by atoms with E-state index in [0.717, 1.165) is 29.0 Å². The zero-order valence-electron chi connectivity index (χ0n) is 39.0. The summed E-state index contributed by atoms with van der Waals surface area (Å²) in [5, 5.41) is 23.9. The van der Waals surface area contributed by atoms with E-state index in [9.17, 15) is 5.26 Å². The van der Waals surface area contributed by atoms with Crippen molar-refractivity contribution in [2.45, 2.75) is 179 Å². The number of nitriles is 1. The van der Waals surface area contributed by atoms with Gasteiger partial charge in [-0.05, 0) is 104 Å². The van der Waals surface area contributed by atoms with Crippen molar-refractivity contribution >= 4 is 46.6 Å². The number of benzene rings is 2. The SMILES string of the molecule is CC.CC.CC.CCC.CCCCCCCCCCCc1cc(-c2ccc(Nc3ccccc3)c(C3NC(CC)CC3C)c2)sc1-c1ccc(/C=C(/C)C#N)s1.O=CO. The summed E-state index contributed by atoms with van der Waals surface area (Å²) in [6.07, 6.45) is 18.8. The molecule has 0 spiro atoms. The number of hydrogen-bond acceptors (Lipinski definition) is 6. The Hall–Kier alpha value is -3.70. The molecule has 3 atom stereocenters. The van der Waals surface area contributed by atoms with E-state index in [4.69, 9.17) is 9.90 Å². The van der Waals surface area contributed by atoms with E-state index < -0.39 is 0 Å². The highest BCUT2D eigenvalue weighted by Crippen LogP contribution is 2.45. The smallest absolute Gasteiger partial charge is 0.290 e. The van der Waals surface area contributed by atoms with Crippen molar-refractivity contribution in [2.75, 3.05) is 5.32 Å². The van der Waals surface area contributed by atoms with Gasteiger partial charge in [0.25, 0.3) is 6.47 Å². The van der Waals surface area contributed by atoms with Gasteiger partial charge in [0.05, 0.1) is 6.07 Å². The molecule has 1 aliphatic rings. The third-order valence-electron chi connectivity index (χ3n) is 9.60. The maximum atomic E-state index is 9.33. The molecule has 3 N–H and O–H groups in total. The molecule has 5 nitrogen and oxygen atoms in total. The lowest BCUT2D eigenvalue weighted by atomic mass is 9.92. The molecule has 0 bridgehead atoms. The molecule has 3 heterocycles. The summed E-state index contributed by atoms with van der Waals surface area (Å²) in [5.41, 5.74) is 7.19. The maximum Gasteiger partial charge on any atom is 0.290 e. The van der Waals surface area contributed by atoms with Crippen molar-refractivity contribution < 1.29 is 9.90 Å². The number of carbonyl (C=O) groups is 1. The molecule has 1 fully saturated rings. The summed E-state index contributed by atoms with van der Waals surface area (Å²) in [6, 6.07) is 27.7. The van der Waals surface area contributed by atoms with Crippen molar-refractivity contribution in [2.24, 2.45) is 5.92 Å². The number of nitrogens with zero attached hydrogens (tertiary/aromatic N) is 1. The molecule has 3 unspecified atom stereocenters. The minimum atomic E-state index is -0.250. The fourth-order valence-electron chi connectivity index (χ4n) is 6.91. The number of carboxylic acid groups (broad SMARTS) is 1. The van der Waals surface area contributed by atoms with Gasteiger partial charge in [0, 0.05) is 48.5 Å². The van der Waals surface area contributed by atoms with Crippen LogP contribution < -0.4 is 10.6 Å². The van der Waals surface area contributed by atoms with E-state index in [2.05, 4.69) is 118 Å². The molecular weight excluding hydrogens is 763 g/mol. The lowest BCUT2D eigenvalue weighted by Gasteiger charge is -2.22. The van der Waals surface area contributed by atoms with Gasteiger partial charge in [-0.25, -0.2) is 0 Å². The predicted molar refractivity (Wildman–Crippen MR) is 265 cm³/mol. The summed E-state index contributed by atoms with van der Waals surface area (Å²) in [7, 11) is 0. The first-order valence-electron chi connectivity index (χ1n) is 22.9. The molecule has 328 valence electrons. The Morgan fingerprint density at radius 3 is 1.98 bits per heavy atom. The fourth-order valence-corrected chi connectivity index (χ4v) is 9.27. The lowest BCUT2D eigenvalue weighted by Crippen LogP contribution is -2.24. The van der Waals surface area contributed by atoms with Crippen LogP contribution in [0.15, 0.2) is 72.3 Å². The van der Waals surface area contributed by atoms with Crippen LogP contribution in [0.25, 0.3) is 26.3 Å². The molecule has 0 saturated carbocycles. The van der Waals surface area contributed by atoms with Crippen molar-refractivity contribution in [1.82, 2.24) is 5.32 Å². The van der Waals surface area contributed by atoms with Crippen LogP contribution in [-0.2, 0) is 11.2 Å². The quantitative estimate of drug-likeness (QED) is 0.0560. The largest absolute Gasteiger partial charge is 0.483 e. The molecule has 7 heteroatoms. The minimum absolute atomic E-state index is 0.250. The predicted octanol–water partition coefficient (Wildman–Crippen LogP) is 17.5. The average molecular weight is 844 g/mol. The molecule has 0 amide bonds. The molecule has 1 aliphatic heterocycles. The van der Waals surface area contributed by atoms with E-state index in [1.54, 1.807) is 11.3 Å². The van der Waals surface area contributed by atoms with Crippen molar-refractivity contribution in [3.63, 3.8) is 0 Å². The molecule has 5 rings (SSSR count). The molecular formula is C52H81N3O2S2. The Bertz CT molecular complexity index is 1700. The van der Waals surface area contributed by atoms with Crippen LogP contribution >= 0.6 is 22.7 Å². The first-order valence-corrected chi connectivity index (χ1v) is 24.6. The van der Waals surface area contributed by atoms with Gasteiger partial charge in [-0.15, -0.1) is 22.7 Å². The summed E-state index contributed by atoms with van der Waals surface area (Å²) in [5.74, 6) is 0.571. The van der Waals surface area contributed by atoms with Crippen LogP contribution in [0.5, 0.6) is 0 Å². The Kier molecular flexibility index (Phi) is 32.9. The van der Waals surface area contributed by atoms with Gasteiger partial charge in [-0.2, -0.15) is 5.26 Å². The molecule has 4 aromatic rings. The summed E-state index contributed by atoms with van der Waals surface area (Å²) in [4.78, 5) is 13.6. The Morgan fingerprint density at radius 1 is 0.831 bits per heavy atom. The van der Waals surface area contributed by atoms with Crippen LogP contribution in [0.3, 0.4) is 0 Å². The highest BCUT2D eigenvalue weighted by molar-refractivity contribution is 7.24. The summed E-state index contributed by atoms with van der Waals surface area (Å²) >= 11 is 3.74. The fraction of sp³-hybridized carbons (Fsp3) is 0.538. The van der Waals surface area contributed by atoms with Crippen molar-refractivity contribution in [1.29, 1.82) is 5.26 Å². The van der Waals surface area contributed by atoms with Gasteiger partial charge in [0.1, 0.15) is 0 Å². The maximum absolute atomic E-state index is 9.33. The second-order valence-corrected chi connectivity index (χ2v) is 16.4. The van der Waals surface area contributed by atoms with Gasteiger partial charge in [-0.1, -0.05) is 158 Å². The van der Waals surface area contributed by atoms with E-state index in [0.29, 0.717) is 18.0 Å². The van der Waals surface area contributed by atoms with E-state index in [-0.39, 0.29) is 6.47 Å². The number of anilines is 2. The third kappa shape index (κ3) is 20.4.